The van der Waals surface area contributed by atoms with Crippen LogP contribution in [0.25, 0.3) is 10.8 Å². The Balaban J connectivity index is 1.51. The number of carbonyl (C=O) groups is 2. The van der Waals surface area contributed by atoms with Crippen molar-refractivity contribution in [2.75, 3.05) is 11.4 Å². The van der Waals surface area contributed by atoms with Crippen molar-refractivity contribution >= 4 is 28.3 Å². The molecule has 0 radical (unpaired) electrons. The number of benzene rings is 2. The molecule has 2 aromatic rings. The van der Waals surface area contributed by atoms with Gasteiger partial charge in [-0.25, -0.2) is 0 Å². The van der Waals surface area contributed by atoms with Crippen molar-refractivity contribution in [3.05, 3.63) is 42.5 Å². The Kier molecular flexibility index (Phi) is 4.43. The molecule has 1 saturated heterocycles. The van der Waals surface area contributed by atoms with Crippen molar-refractivity contribution in [3.8, 4) is 0 Å². The van der Waals surface area contributed by atoms with Crippen LogP contribution in [-0.4, -0.2) is 24.4 Å². The topological polar surface area (TPSA) is 49.4 Å². The third-order valence-corrected chi connectivity index (χ3v) is 5.50. The smallest absolute Gasteiger partial charge is 0.227 e. The molecule has 4 nitrogen and oxygen atoms in total. The second-order valence-corrected chi connectivity index (χ2v) is 7.25. The second-order valence-electron chi connectivity index (χ2n) is 7.25. The summed E-state index contributed by atoms with van der Waals surface area (Å²) in [5, 5.41) is 5.35. The maximum Gasteiger partial charge on any atom is 0.227 e. The minimum atomic E-state index is -0.242. The molecule has 0 spiro atoms. The lowest BCUT2D eigenvalue weighted by molar-refractivity contribution is -0.127. The van der Waals surface area contributed by atoms with Crippen molar-refractivity contribution in [3.63, 3.8) is 0 Å². The number of rotatable bonds is 3. The van der Waals surface area contributed by atoms with E-state index in [0.29, 0.717) is 19.0 Å². The van der Waals surface area contributed by atoms with Crippen molar-refractivity contribution < 1.29 is 9.59 Å². The summed E-state index contributed by atoms with van der Waals surface area (Å²) in [5.74, 6) is -0.156. The van der Waals surface area contributed by atoms with E-state index in [9.17, 15) is 9.59 Å². The average molecular weight is 336 g/mol. The molecule has 1 N–H and O–H groups in total. The molecule has 1 atom stereocenters. The molecule has 2 aromatic carbocycles. The largest absolute Gasteiger partial charge is 0.353 e. The molecule has 0 aromatic heterocycles. The molecule has 1 unspecified atom stereocenters. The monoisotopic (exact) mass is 336 g/mol. The molecule has 4 rings (SSSR count). The van der Waals surface area contributed by atoms with Gasteiger partial charge in [-0.1, -0.05) is 55.7 Å². The van der Waals surface area contributed by atoms with E-state index < -0.39 is 0 Å². The van der Waals surface area contributed by atoms with Gasteiger partial charge < -0.3 is 10.2 Å². The second kappa shape index (κ2) is 6.87. The Morgan fingerprint density at radius 3 is 2.60 bits per heavy atom. The molecule has 2 amide bonds. The molecular weight excluding hydrogens is 312 g/mol. The van der Waals surface area contributed by atoms with Gasteiger partial charge in [-0.15, -0.1) is 0 Å². The number of carbonyl (C=O) groups excluding carboxylic acids is 2. The van der Waals surface area contributed by atoms with Crippen LogP contribution in [-0.2, 0) is 9.59 Å². The Morgan fingerprint density at radius 2 is 1.76 bits per heavy atom. The van der Waals surface area contributed by atoms with Gasteiger partial charge in [0.15, 0.2) is 0 Å². The predicted octanol–water partition coefficient (Wildman–Crippen LogP) is 3.64. The fourth-order valence-electron chi connectivity index (χ4n) is 4.13. The molecule has 130 valence electrons. The lowest BCUT2D eigenvalue weighted by Crippen LogP contribution is -2.40. The number of nitrogens with zero attached hydrogens (tertiary/aromatic N) is 1. The Morgan fingerprint density at radius 1 is 1.00 bits per heavy atom. The zero-order chi connectivity index (χ0) is 17.2. The van der Waals surface area contributed by atoms with Gasteiger partial charge in [-0.3, -0.25) is 9.59 Å². The van der Waals surface area contributed by atoms with Gasteiger partial charge in [-0.05, 0) is 24.3 Å². The van der Waals surface area contributed by atoms with Crippen molar-refractivity contribution in [2.24, 2.45) is 5.92 Å². The van der Waals surface area contributed by atoms with Crippen LogP contribution in [0.1, 0.15) is 38.5 Å². The summed E-state index contributed by atoms with van der Waals surface area (Å²) in [6.07, 6.45) is 6.09. The van der Waals surface area contributed by atoms with Gasteiger partial charge in [0.05, 0.1) is 11.6 Å². The van der Waals surface area contributed by atoms with E-state index in [2.05, 4.69) is 5.32 Å². The van der Waals surface area contributed by atoms with E-state index in [-0.39, 0.29) is 17.7 Å². The first-order valence-electron chi connectivity index (χ1n) is 9.31. The minimum absolute atomic E-state index is 0.0418. The fourth-order valence-corrected chi connectivity index (χ4v) is 4.13. The van der Waals surface area contributed by atoms with Gasteiger partial charge in [0.25, 0.3) is 0 Å². The van der Waals surface area contributed by atoms with Crippen molar-refractivity contribution in [1.29, 1.82) is 0 Å². The van der Waals surface area contributed by atoms with Crippen molar-refractivity contribution in [1.82, 2.24) is 5.32 Å². The summed E-state index contributed by atoms with van der Waals surface area (Å²) < 4.78 is 0. The van der Waals surface area contributed by atoms with Crippen LogP contribution in [0, 0.1) is 5.92 Å². The lowest BCUT2D eigenvalue weighted by Gasteiger charge is -2.24. The molecular formula is C21H24N2O2. The van der Waals surface area contributed by atoms with Crippen LogP contribution in [0.5, 0.6) is 0 Å². The van der Waals surface area contributed by atoms with Crippen LogP contribution < -0.4 is 10.2 Å². The van der Waals surface area contributed by atoms with E-state index in [4.69, 9.17) is 0 Å². The normalized spacial score (nSPS) is 21.7. The number of hydrogen-bond donors (Lipinski definition) is 1. The Labute approximate surface area is 148 Å². The number of anilines is 1. The molecule has 1 saturated carbocycles. The molecule has 1 aliphatic heterocycles. The summed E-state index contributed by atoms with van der Waals surface area (Å²) in [6.45, 7) is 0.478. The van der Waals surface area contributed by atoms with E-state index in [0.717, 1.165) is 29.3 Å². The number of nitrogens with one attached hydrogen (secondary N) is 1. The fraction of sp³-hybridized carbons (Fsp3) is 0.429. The van der Waals surface area contributed by atoms with E-state index in [1.165, 1.54) is 19.3 Å². The third-order valence-electron chi connectivity index (χ3n) is 5.50. The van der Waals surface area contributed by atoms with Crippen LogP contribution >= 0.6 is 0 Å². The summed E-state index contributed by atoms with van der Waals surface area (Å²) in [5.41, 5.74) is 0.913. The highest BCUT2D eigenvalue weighted by molar-refractivity contribution is 6.06. The van der Waals surface area contributed by atoms with Gasteiger partial charge in [0.1, 0.15) is 0 Å². The first kappa shape index (κ1) is 16.1. The Hall–Kier alpha value is -2.36. The molecule has 0 bridgehead atoms. The van der Waals surface area contributed by atoms with Gasteiger partial charge in [0.2, 0.25) is 11.8 Å². The molecule has 4 heteroatoms. The van der Waals surface area contributed by atoms with Crippen molar-refractivity contribution in [2.45, 2.75) is 44.6 Å². The predicted molar refractivity (Wildman–Crippen MR) is 99.4 cm³/mol. The Bertz CT molecular complexity index is 790. The van der Waals surface area contributed by atoms with E-state index in [1.807, 2.05) is 42.5 Å². The summed E-state index contributed by atoms with van der Waals surface area (Å²) in [4.78, 5) is 27.0. The zero-order valence-electron chi connectivity index (χ0n) is 14.4. The summed E-state index contributed by atoms with van der Waals surface area (Å²) in [6, 6.07) is 14.4. The van der Waals surface area contributed by atoms with Gasteiger partial charge >= 0.3 is 0 Å². The number of fused-ring (bicyclic) bond motifs is 1. The molecule has 1 aliphatic carbocycles. The summed E-state index contributed by atoms with van der Waals surface area (Å²) >= 11 is 0. The minimum Gasteiger partial charge on any atom is -0.353 e. The standard InChI is InChI=1S/C21H24N2O2/c24-20-13-16(21(25)22-17-9-2-1-3-10-17)14-23(20)19-12-6-8-15-7-4-5-11-18(15)19/h4-8,11-12,16-17H,1-3,9-10,13-14H2,(H,22,25). The maximum atomic E-state index is 12.6. The van der Waals surface area contributed by atoms with Crippen LogP contribution in [0.3, 0.4) is 0 Å². The van der Waals surface area contributed by atoms with E-state index >= 15 is 0 Å². The third kappa shape index (κ3) is 3.26. The van der Waals surface area contributed by atoms with Gasteiger partial charge in [0, 0.05) is 24.4 Å². The first-order chi connectivity index (χ1) is 12.2. The molecule has 25 heavy (non-hydrogen) atoms. The van der Waals surface area contributed by atoms with Gasteiger partial charge in [-0.2, -0.15) is 0 Å². The highest BCUT2D eigenvalue weighted by atomic mass is 16.2. The molecule has 1 heterocycles. The maximum absolute atomic E-state index is 12.6. The average Bonchev–Trinajstić information content (AvgIpc) is 3.04. The first-order valence-corrected chi connectivity index (χ1v) is 9.31. The highest BCUT2D eigenvalue weighted by Gasteiger charge is 2.36. The quantitative estimate of drug-likeness (QED) is 0.930. The lowest BCUT2D eigenvalue weighted by atomic mass is 9.95. The number of amides is 2. The number of hydrogen-bond acceptors (Lipinski definition) is 2. The van der Waals surface area contributed by atoms with Crippen LogP contribution in [0.15, 0.2) is 42.5 Å². The highest BCUT2D eigenvalue weighted by Crippen LogP contribution is 2.32. The summed E-state index contributed by atoms with van der Waals surface area (Å²) in [7, 11) is 0. The van der Waals surface area contributed by atoms with Crippen LogP contribution in [0.4, 0.5) is 5.69 Å². The molecule has 2 aliphatic rings. The zero-order valence-corrected chi connectivity index (χ0v) is 14.4. The molecule has 2 fully saturated rings. The van der Waals surface area contributed by atoms with E-state index in [1.54, 1.807) is 4.90 Å². The SMILES string of the molecule is O=C(NC1CCCCC1)C1CC(=O)N(c2cccc3ccccc23)C1. The van der Waals surface area contributed by atoms with Crippen LogP contribution in [0.2, 0.25) is 0 Å².